The molecular weight excluding hydrogens is 228 g/mol. The van der Waals surface area contributed by atoms with Crippen LogP contribution < -0.4 is 5.73 Å². The summed E-state index contributed by atoms with van der Waals surface area (Å²) in [5.74, 6) is -0.312. The van der Waals surface area contributed by atoms with E-state index in [-0.39, 0.29) is 11.9 Å². The summed E-state index contributed by atoms with van der Waals surface area (Å²) in [4.78, 5) is 13.5. The second-order valence-corrected chi connectivity index (χ2v) is 4.88. The first-order chi connectivity index (χ1) is 8.61. The Morgan fingerprint density at radius 3 is 2.78 bits per heavy atom. The second kappa shape index (κ2) is 5.50. The van der Waals surface area contributed by atoms with Gasteiger partial charge in [0.2, 0.25) is 5.91 Å². The lowest BCUT2D eigenvalue weighted by Gasteiger charge is -2.36. The van der Waals surface area contributed by atoms with Gasteiger partial charge >= 0.3 is 0 Å². The number of benzene rings is 1. The van der Waals surface area contributed by atoms with E-state index in [1.54, 1.807) is 0 Å². The third-order valence-electron chi connectivity index (χ3n) is 3.59. The molecule has 1 amide bonds. The number of amides is 1. The maximum atomic E-state index is 11.5. The van der Waals surface area contributed by atoms with E-state index in [0.29, 0.717) is 25.9 Å². The van der Waals surface area contributed by atoms with Gasteiger partial charge in [0, 0.05) is 13.1 Å². The van der Waals surface area contributed by atoms with Gasteiger partial charge in [-0.1, -0.05) is 31.2 Å². The lowest BCUT2D eigenvalue weighted by Crippen LogP contribution is -2.50. The molecular formula is C14H20N2O2. The molecule has 0 aliphatic carbocycles. The first-order valence-electron chi connectivity index (χ1n) is 6.40. The summed E-state index contributed by atoms with van der Waals surface area (Å²) in [5, 5.41) is 9.76. The van der Waals surface area contributed by atoms with Crippen LogP contribution in [0.15, 0.2) is 24.3 Å². The SMILES string of the molecule is CCC(O)CN1Cc2ccccc2C[C@H]1C(N)=O. The molecule has 0 saturated heterocycles. The number of rotatable bonds is 4. The minimum Gasteiger partial charge on any atom is -0.392 e. The fourth-order valence-electron chi connectivity index (χ4n) is 2.45. The Morgan fingerprint density at radius 1 is 1.50 bits per heavy atom. The Bertz CT molecular complexity index is 434. The molecule has 4 nitrogen and oxygen atoms in total. The predicted octanol–water partition coefficient (Wildman–Crippen LogP) is 0.670. The molecule has 4 heteroatoms. The first kappa shape index (κ1) is 13.1. The molecule has 2 rings (SSSR count). The van der Waals surface area contributed by atoms with Crippen molar-refractivity contribution < 1.29 is 9.90 Å². The number of hydrogen-bond acceptors (Lipinski definition) is 3. The second-order valence-electron chi connectivity index (χ2n) is 4.88. The van der Waals surface area contributed by atoms with E-state index in [4.69, 9.17) is 5.73 Å². The third kappa shape index (κ3) is 2.71. The van der Waals surface area contributed by atoms with Gasteiger partial charge in [0.1, 0.15) is 0 Å². The molecule has 0 fully saturated rings. The van der Waals surface area contributed by atoms with Gasteiger partial charge < -0.3 is 10.8 Å². The summed E-state index contributed by atoms with van der Waals surface area (Å²) >= 11 is 0. The number of carbonyl (C=O) groups excluding carboxylic acids is 1. The number of aliphatic hydroxyl groups is 1. The predicted molar refractivity (Wildman–Crippen MR) is 69.8 cm³/mol. The van der Waals surface area contributed by atoms with Crippen molar-refractivity contribution in [2.24, 2.45) is 5.73 Å². The molecule has 1 aliphatic rings. The summed E-state index contributed by atoms with van der Waals surface area (Å²) in [6.07, 6.45) is 0.920. The van der Waals surface area contributed by atoms with Crippen molar-refractivity contribution in [3.63, 3.8) is 0 Å². The van der Waals surface area contributed by atoms with Crippen molar-refractivity contribution in [3.8, 4) is 0 Å². The number of primary amides is 1. The Morgan fingerprint density at radius 2 is 2.17 bits per heavy atom. The van der Waals surface area contributed by atoms with E-state index in [2.05, 4.69) is 6.07 Å². The van der Waals surface area contributed by atoms with E-state index < -0.39 is 6.10 Å². The van der Waals surface area contributed by atoms with E-state index in [9.17, 15) is 9.90 Å². The number of nitrogens with two attached hydrogens (primary N) is 1. The van der Waals surface area contributed by atoms with E-state index in [1.165, 1.54) is 11.1 Å². The smallest absolute Gasteiger partial charge is 0.235 e. The Balaban J connectivity index is 2.20. The van der Waals surface area contributed by atoms with Gasteiger partial charge in [-0.2, -0.15) is 0 Å². The number of nitrogens with zero attached hydrogens (tertiary/aromatic N) is 1. The fourth-order valence-corrected chi connectivity index (χ4v) is 2.45. The molecule has 0 bridgehead atoms. The highest BCUT2D eigenvalue weighted by atomic mass is 16.3. The van der Waals surface area contributed by atoms with Gasteiger partial charge in [-0.25, -0.2) is 0 Å². The molecule has 18 heavy (non-hydrogen) atoms. The van der Waals surface area contributed by atoms with Crippen molar-refractivity contribution in [2.75, 3.05) is 6.54 Å². The minimum atomic E-state index is -0.405. The van der Waals surface area contributed by atoms with Crippen LogP contribution in [0.4, 0.5) is 0 Å². The van der Waals surface area contributed by atoms with Crippen LogP contribution in [0.3, 0.4) is 0 Å². The molecule has 2 atom stereocenters. The molecule has 0 spiro atoms. The van der Waals surface area contributed by atoms with Crippen LogP contribution in [-0.2, 0) is 17.8 Å². The van der Waals surface area contributed by atoms with Crippen molar-refractivity contribution >= 4 is 5.91 Å². The molecule has 3 N–H and O–H groups in total. The Labute approximate surface area is 107 Å². The molecule has 1 aromatic carbocycles. The van der Waals surface area contributed by atoms with E-state index in [0.717, 1.165) is 0 Å². The summed E-state index contributed by atoms with van der Waals surface area (Å²) in [5.41, 5.74) is 7.87. The number of fused-ring (bicyclic) bond motifs is 1. The maximum Gasteiger partial charge on any atom is 0.235 e. The monoisotopic (exact) mass is 248 g/mol. The summed E-state index contributed by atoms with van der Waals surface area (Å²) < 4.78 is 0. The van der Waals surface area contributed by atoms with Gasteiger partial charge in [-0.15, -0.1) is 0 Å². The van der Waals surface area contributed by atoms with Gasteiger partial charge in [0.25, 0.3) is 0 Å². The maximum absolute atomic E-state index is 11.5. The topological polar surface area (TPSA) is 66.6 Å². The molecule has 1 unspecified atom stereocenters. The van der Waals surface area contributed by atoms with Gasteiger partial charge in [-0.05, 0) is 24.0 Å². The lowest BCUT2D eigenvalue weighted by molar-refractivity contribution is -0.124. The average molecular weight is 248 g/mol. The minimum absolute atomic E-state index is 0.305. The zero-order valence-corrected chi connectivity index (χ0v) is 10.7. The Kier molecular flexibility index (Phi) is 3.99. The van der Waals surface area contributed by atoms with Crippen LogP contribution in [0.5, 0.6) is 0 Å². The van der Waals surface area contributed by atoms with Gasteiger partial charge in [0.05, 0.1) is 12.1 Å². The molecule has 1 aliphatic heterocycles. The summed E-state index contributed by atoms with van der Waals surface area (Å²) in [6, 6.07) is 7.78. The standard InChI is InChI=1S/C14H20N2O2/c1-2-12(17)9-16-8-11-6-4-3-5-10(11)7-13(16)14(15)18/h3-6,12-13,17H,2,7-9H2,1H3,(H2,15,18)/t12?,13-/m0/s1. The molecule has 0 aromatic heterocycles. The molecule has 1 aromatic rings. The highest BCUT2D eigenvalue weighted by molar-refractivity contribution is 5.80. The fraction of sp³-hybridized carbons (Fsp3) is 0.500. The highest BCUT2D eigenvalue weighted by Crippen LogP contribution is 2.23. The van der Waals surface area contributed by atoms with Crippen LogP contribution in [-0.4, -0.2) is 34.6 Å². The van der Waals surface area contributed by atoms with Crippen molar-refractivity contribution in [1.29, 1.82) is 0 Å². The quantitative estimate of drug-likeness (QED) is 0.823. The van der Waals surface area contributed by atoms with Crippen LogP contribution >= 0.6 is 0 Å². The Hall–Kier alpha value is -1.39. The average Bonchev–Trinajstić information content (AvgIpc) is 2.37. The highest BCUT2D eigenvalue weighted by Gasteiger charge is 2.30. The van der Waals surface area contributed by atoms with Crippen LogP contribution in [0.1, 0.15) is 24.5 Å². The molecule has 0 radical (unpaired) electrons. The number of hydrogen-bond donors (Lipinski definition) is 2. The van der Waals surface area contributed by atoms with E-state index >= 15 is 0 Å². The van der Waals surface area contributed by atoms with Crippen molar-refractivity contribution in [1.82, 2.24) is 4.90 Å². The number of carbonyl (C=O) groups is 1. The van der Waals surface area contributed by atoms with Crippen molar-refractivity contribution in [2.45, 2.75) is 38.5 Å². The van der Waals surface area contributed by atoms with Crippen LogP contribution in [0.25, 0.3) is 0 Å². The zero-order valence-electron chi connectivity index (χ0n) is 10.7. The lowest BCUT2D eigenvalue weighted by atomic mass is 9.93. The number of aliphatic hydroxyl groups excluding tert-OH is 1. The summed E-state index contributed by atoms with van der Waals surface area (Å²) in [7, 11) is 0. The van der Waals surface area contributed by atoms with Gasteiger partial charge in [0.15, 0.2) is 0 Å². The largest absolute Gasteiger partial charge is 0.392 e. The molecule has 1 heterocycles. The number of β-amino-alcohol motifs (C(OH)–C–C–N with tert-alkyl or cyclic N) is 1. The molecule has 0 saturated carbocycles. The van der Waals surface area contributed by atoms with Crippen LogP contribution in [0.2, 0.25) is 0 Å². The molecule has 98 valence electrons. The third-order valence-corrected chi connectivity index (χ3v) is 3.59. The van der Waals surface area contributed by atoms with Crippen LogP contribution in [0, 0.1) is 0 Å². The zero-order chi connectivity index (χ0) is 13.1. The van der Waals surface area contributed by atoms with Gasteiger partial charge in [-0.3, -0.25) is 9.69 Å². The summed E-state index contributed by atoms with van der Waals surface area (Å²) in [6.45, 7) is 3.11. The van der Waals surface area contributed by atoms with E-state index in [1.807, 2.05) is 30.0 Å². The first-order valence-corrected chi connectivity index (χ1v) is 6.40. The normalized spacial score (nSPS) is 21.3. The van der Waals surface area contributed by atoms with Crippen molar-refractivity contribution in [3.05, 3.63) is 35.4 Å².